The summed E-state index contributed by atoms with van der Waals surface area (Å²) in [6.07, 6.45) is 0.698. The Morgan fingerprint density at radius 2 is 2.00 bits per heavy atom. The minimum Gasteiger partial charge on any atom is -0.477 e. The van der Waals surface area contributed by atoms with E-state index in [4.69, 9.17) is 4.52 Å². The number of carbonyl (C=O) groups is 1. The standard InChI is InChI=1S/C16H20N2O4/c1-10(2)8-12(9-19)17-15-13(16(20)21)14(22-18-15)11-6-4-3-5-7-11/h3-7,10,12,19H,8-9H2,1-2H3,(H,17,18)(H,20,21)/t12-/m1/s1. The van der Waals surface area contributed by atoms with E-state index in [9.17, 15) is 15.0 Å². The molecule has 0 amide bonds. The Hall–Kier alpha value is -2.34. The molecule has 6 heteroatoms. The largest absolute Gasteiger partial charge is 0.477 e. The first-order valence-electron chi connectivity index (χ1n) is 7.18. The molecular weight excluding hydrogens is 284 g/mol. The lowest BCUT2D eigenvalue weighted by Crippen LogP contribution is -2.26. The molecule has 0 saturated carbocycles. The maximum atomic E-state index is 11.6. The van der Waals surface area contributed by atoms with E-state index in [1.54, 1.807) is 24.3 Å². The second kappa shape index (κ2) is 7.09. The quantitative estimate of drug-likeness (QED) is 0.728. The second-order valence-corrected chi connectivity index (χ2v) is 5.56. The molecule has 2 rings (SSSR count). The SMILES string of the molecule is CC(C)C[C@H](CO)Nc1noc(-c2ccccc2)c1C(=O)O. The molecule has 0 saturated heterocycles. The maximum Gasteiger partial charge on any atom is 0.343 e. The van der Waals surface area contributed by atoms with Gasteiger partial charge in [0, 0.05) is 5.56 Å². The van der Waals surface area contributed by atoms with E-state index >= 15 is 0 Å². The molecule has 0 unspecified atom stereocenters. The second-order valence-electron chi connectivity index (χ2n) is 5.56. The van der Waals surface area contributed by atoms with Crippen LogP contribution in [0.25, 0.3) is 11.3 Å². The molecule has 0 aliphatic heterocycles. The number of hydrogen-bond acceptors (Lipinski definition) is 5. The van der Waals surface area contributed by atoms with Crippen LogP contribution in [0, 0.1) is 5.92 Å². The van der Waals surface area contributed by atoms with Crippen molar-refractivity contribution >= 4 is 11.8 Å². The first-order valence-corrected chi connectivity index (χ1v) is 7.18. The Morgan fingerprint density at radius 1 is 1.32 bits per heavy atom. The van der Waals surface area contributed by atoms with Gasteiger partial charge in [-0.15, -0.1) is 0 Å². The molecule has 2 aromatic rings. The van der Waals surface area contributed by atoms with E-state index < -0.39 is 5.97 Å². The number of carboxylic acids is 1. The lowest BCUT2D eigenvalue weighted by molar-refractivity contribution is 0.0698. The van der Waals surface area contributed by atoms with Crippen molar-refractivity contribution in [3.05, 3.63) is 35.9 Å². The van der Waals surface area contributed by atoms with Crippen molar-refractivity contribution in [2.45, 2.75) is 26.3 Å². The molecule has 0 aliphatic carbocycles. The summed E-state index contributed by atoms with van der Waals surface area (Å²) in [4.78, 5) is 11.6. The van der Waals surface area contributed by atoms with Crippen LogP contribution in [0.15, 0.2) is 34.9 Å². The minimum absolute atomic E-state index is 0.0200. The first-order chi connectivity index (χ1) is 10.5. The fraction of sp³-hybridized carbons (Fsp3) is 0.375. The summed E-state index contributed by atoms with van der Waals surface area (Å²) in [5, 5.41) is 25.7. The Morgan fingerprint density at radius 3 is 2.55 bits per heavy atom. The van der Waals surface area contributed by atoms with Gasteiger partial charge in [0.1, 0.15) is 0 Å². The van der Waals surface area contributed by atoms with Crippen LogP contribution in [0.3, 0.4) is 0 Å². The maximum absolute atomic E-state index is 11.6. The molecule has 0 spiro atoms. The molecule has 118 valence electrons. The summed E-state index contributed by atoms with van der Waals surface area (Å²) in [5.41, 5.74) is 0.623. The molecule has 0 bridgehead atoms. The number of hydrogen-bond donors (Lipinski definition) is 3. The third kappa shape index (κ3) is 3.65. The molecule has 1 aromatic heterocycles. The molecule has 1 heterocycles. The van der Waals surface area contributed by atoms with Gasteiger partial charge in [0.05, 0.1) is 12.6 Å². The van der Waals surface area contributed by atoms with Crippen LogP contribution in [0.4, 0.5) is 5.82 Å². The van der Waals surface area contributed by atoms with Crippen molar-refractivity contribution in [3.63, 3.8) is 0 Å². The number of nitrogens with one attached hydrogen (secondary N) is 1. The van der Waals surface area contributed by atoms with Gasteiger partial charge >= 0.3 is 5.97 Å². The fourth-order valence-electron chi connectivity index (χ4n) is 2.32. The van der Waals surface area contributed by atoms with Crippen LogP contribution in [-0.2, 0) is 0 Å². The van der Waals surface area contributed by atoms with Gasteiger partial charge in [0.15, 0.2) is 17.1 Å². The zero-order valence-electron chi connectivity index (χ0n) is 12.6. The number of aliphatic hydroxyl groups excluding tert-OH is 1. The molecule has 3 N–H and O–H groups in total. The lowest BCUT2D eigenvalue weighted by atomic mass is 10.0. The van der Waals surface area contributed by atoms with Gasteiger partial charge in [0.2, 0.25) is 0 Å². The Bertz CT molecular complexity index is 622. The highest BCUT2D eigenvalue weighted by Crippen LogP contribution is 2.29. The van der Waals surface area contributed by atoms with E-state index in [0.717, 1.165) is 0 Å². The number of aromatic carboxylic acids is 1. The van der Waals surface area contributed by atoms with Gasteiger partial charge in [-0.3, -0.25) is 0 Å². The van der Waals surface area contributed by atoms with E-state index in [2.05, 4.69) is 10.5 Å². The van der Waals surface area contributed by atoms with Crippen LogP contribution in [0.2, 0.25) is 0 Å². The summed E-state index contributed by atoms with van der Waals surface area (Å²) < 4.78 is 5.22. The van der Waals surface area contributed by atoms with Crippen molar-refractivity contribution in [2.24, 2.45) is 5.92 Å². The van der Waals surface area contributed by atoms with E-state index in [-0.39, 0.29) is 29.8 Å². The van der Waals surface area contributed by atoms with Crippen molar-refractivity contribution in [1.82, 2.24) is 5.16 Å². The Kier molecular flexibility index (Phi) is 5.16. The summed E-state index contributed by atoms with van der Waals surface area (Å²) in [5.74, 6) is -0.412. The van der Waals surface area contributed by atoms with Gasteiger partial charge < -0.3 is 20.1 Å². The smallest absolute Gasteiger partial charge is 0.343 e. The van der Waals surface area contributed by atoms with Gasteiger partial charge in [0.25, 0.3) is 0 Å². The van der Waals surface area contributed by atoms with Crippen LogP contribution >= 0.6 is 0 Å². The van der Waals surface area contributed by atoms with Gasteiger partial charge in [-0.05, 0) is 12.3 Å². The predicted molar refractivity (Wildman–Crippen MR) is 82.8 cm³/mol. The van der Waals surface area contributed by atoms with E-state index in [1.165, 1.54) is 0 Å². The highest BCUT2D eigenvalue weighted by molar-refractivity contribution is 5.99. The lowest BCUT2D eigenvalue weighted by Gasteiger charge is -2.17. The van der Waals surface area contributed by atoms with Crippen LogP contribution in [0.1, 0.15) is 30.6 Å². The van der Waals surface area contributed by atoms with Crippen molar-refractivity contribution in [2.75, 3.05) is 11.9 Å². The zero-order chi connectivity index (χ0) is 16.1. The van der Waals surface area contributed by atoms with Gasteiger partial charge in [-0.2, -0.15) is 0 Å². The van der Waals surface area contributed by atoms with Crippen molar-refractivity contribution in [1.29, 1.82) is 0 Å². The molecule has 1 atom stereocenters. The van der Waals surface area contributed by atoms with Gasteiger partial charge in [-0.25, -0.2) is 4.79 Å². The highest BCUT2D eigenvalue weighted by atomic mass is 16.5. The van der Waals surface area contributed by atoms with Crippen molar-refractivity contribution < 1.29 is 19.5 Å². The predicted octanol–water partition coefficient (Wildman–Crippen LogP) is 2.86. The molecule has 0 fully saturated rings. The number of aliphatic hydroxyl groups is 1. The summed E-state index contributed by atoms with van der Waals surface area (Å²) in [7, 11) is 0. The van der Waals surface area contributed by atoms with Crippen LogP contribution in [0.5, 0.6) is 0 Å². The van der Waals surface area contributed by atoms with E-state index in [1.807, 2.05) is 19.9 Å². The van der Waals surface area contributed by atoms with Crippen LogP contribution in [-0.4, -0.2) is 34.0 Å². The normalized spacial score (nSPS) is 12.4. The Balaban J connectivity index is 2.33. The average molecular weight is 304 g/mol. The first kappa shape index (κ1) is 16.0. The number of benzene rings is 1. The number of anilines is 1. The Labute approximate surface area is 128 Å². The highest BCUT2D eigenvalue weighted by Gasteiger charge is 2.25. The summed E-state index contributed by atoms with van der Waals surface area (Å²) in [6.45, 7) is 3.95. The molecular formula is C16H20N2O4. The van der Waals surface area contributed by atoms with Crippen LogP contribution < -0.4 is 5.32 Å². The van der Waals surface area contributed by atoms with Crippen molar-refractivity contribution in [3.8, 4) is 11.3 Å². The number of aromatic nitrogens is 1. The average Bonchev–Trinajstić information content (AvgIpc) is 2.90. The third-order valence-electron chi connectivity index (χ3n) is 3.26. The van der Waals surface area contributed by atoms with E-state index in [0.29, 0.717) is 17.9 Å². The molecule has 6 nitrogen and oxygen atoms in total. The fourth-order valence-corrected chi connectivity index (χ4v) is 2.32. The number of carboxylic acid groups (broad SMARTS) is 1. The van der Waals surface area contributed by atoms with Gasteiger partial charge in [-0.1, -0.05) is 49.3 Å². The third-order valence-corrected chi connectivity index (χ3v) is 3.26. The molecule has 0 radical (unpaired) electrons. The molecule has 22 heavy (non-hydrogen) atoms. The number of nitrogens with zero attached hydrogens (tertiary/aromatic N) is 1. The monoisotopic (exact) mass is 304 g/mol. The topological polar surface area (TPSA) is 95.6 Å². The summed E-state index contributed by atoms with van der Waals surface area (Å²) >= 11 is 0. The summed E-state index contributed by atoms with van der Waals surface area (Å²) in [6, 6.07) is 8.68. The molecule has 0 aliphatic rings. The zero-order valence-corrected chi connectivity index (χ0v) is 12.6. The number of rotatable bonds is 7. The minimum atomic E-state index is -1.12. The molecule has 1 aromatic carbocycles.